The Morgan fingerprint density at radius 3 is 3.00 bits per heavy atom. The van der Waals surface area contributed by atoms with Crippen LogP contribution in [0.5, 0.6) is 0 Å². The largest absolute Gasteiger partial charge is 0.340 e. The molecular formula is C11H14N4. The smallest absolute Gasteiger partial charge is 0.177 e. The van der Waals surface area contributed by atoms with Crippen molar-refractivity contribution < 1.29 is 0 Å². The Hall–Kier alpha value is -1.42. The van der Waals surface area contributed by atoms with Crippen LogP contribution in [0.1, 0.15) is 11.4 Å². The maximum atomic E-state index is 4.50. The molecule has 0 saturated carbocycles. The molecule has 0 aromatic carbocycles. The second-order valence-corrected chi connectivity index (χ2v) is 4.24. The molecule has 4 heteroatoms. The van der Waals surface area contributed by atoms with E-state index in [1.807, 2.05) is 12.3 Å². The minimum Gasteiger partial charge on any atom is -0.340 e. The van der Waals surface area contributed by atoms with Crippen LogP contribution in [-0.2, 0) is 6.42 Å². The second kappa shape index (κ2) is 3.31. The molecule has 1 fully saturated rings. The van der Waals surface area contributed by atoms with Crippen LogP contribution in [0.3, 0.4) is 0 Å². The third-order valence-corrected chi connectivity index (χ3v) is 3.00. The Morgan fingerprint density at radius 1 is 1.47 bits per heavy atom. The lowest BCUT2D eigenvalue weighted by Gasteiger charge is -2.25. The van der Waals surface area contributed by atoms with Gasteiger partial charge in [-0.25, -0.2) is 9.97 Å². The molecule has 3 heterocycles. The Kier molecular flexibility index (Phi) is 1.95. The fourth-order valence-corrected chi connectivity index (χ4v) is 1.95. The Balaban J connectivity index is 1.95. The topological polar surface area (TPSA) is 53.6 Å². The molecule has 0 bridgehead atoms. The molecule has 78 valence electrons. The number of aromatic amines is 1. The summed E-state index contributed by atoms with van der Waals surface area (Å²) in [6, 6.07) is 2.01. The monoisotopic (exact) mass is 202 g/mol. The summed E-state index contributed by atoms with van der Waals surface area (Å²) in [5.41, 5.74) is 3.14. The van der Waals surface area contributed by atoms with Gasteiger partial charge >= 0.3 is 0 Å². The standard InChI is InChI=1S/C11H14N4/c1-7-2-3-13-11-10(7)14-9(15-11)4-8-5-12-6-8/h2-3,8,12H,4-6H2,1H3,(H,13,14,15). The number of nitrogens with one attached hydrogen (secondary N) is 2. The fraction of sp³-hybridized carbons (Fsp3) is 0.455. The molecule has 1 saturated heterocycles. The zero-order valence-electron chi connectivity index (χ0n) is 8.75. The van der Waals surface area contributed by atoms with Crippen molar-refractivity contribution in [3.05, 3.63) is 23.7 Å². The molecule has 1 aliphatic heterocycles. The molecule has 15 heavy (non-hydrogen) atoms. The number of aromatic nitrogens is 3. The normalized spacial score (nSPS) is 16.9. The van der Waals surface area contributed by atoms with E-state index in [0.29, 0.717) is 0 Å². The van der Waals surface area contributed by atoms with E-state index in [0.717, 1.165) is 42.4 Å². The number of hydrogen-bond donors (Lipinski definition) is 2. The number of hydrogen-bond acceptors (Lipinski definition) is 3. The van der Waals surface area contributed by atoms with Gasteiger partial charge in [-0.15, -0.1) is 0 Å². The van der Waals surface area contributed by atoms with E-state index in [9.17, 15) is 0 Å². The van der Waals surface area contributed by atoms with Crippen molar-refractivity contribution in [2.75, 3.05) is 13.1 Å². The first-order valence-corrected chi connectivity index (χ1v) is 5.34. The number of rotatable bonds is 2. The minimum absolute atomic E-state index is 0.742. The molecule has 2 aromatic rings. The van der Waals surface area contributed by atoms with Gasteiger partial charge in [-0.05, 0) is 37.6 Å². The quantitative estimate of drug-likeness (QED) is 0.764. The van der Waals surface area contributed by atoms with Crippen LogP contribution in [0.2, 0.25) is 0 Å². The summed E-state index contributed by atoms with van der Waals surface area (Å²) >= 11 is 0. The SMILES string of the molecule is Cc1ccnc2nc(CC3CNC3)[nH]c12. The number of nitrogens with zero attached hydrogens (tertiary/aromatic N) is 2. The molecule has 4 nitrogen and oxygen atoms in total. The molecule has 0 aliphatic carbocycles. The van der Waals surface area contributed by atoms with Crippen LogP contribution >= 0.6 is 0 Å². The van der Waals surface area contributed by atoms with Gasteiger partial charge in [0.15, 0.2) is 5.65 Å². The van der Waals surface area contributed by atoms with Gasteiger partial charge in [0.05, 0.1) is 5.52 Å². The molecule has 1 aliphatic rings. The molecule has 2 N–H and O–H groups in total. The molecular weight excluding hydrogens is 188 g/mol. The minimum atomic E-state index is 0.742. The summed E-state index contributed by atoms with van der Waals surface area (Å²) in [6.45, 7) is 4.31. The lowest BCUT2D eigenvalue weighted by Crippen LogP contribution is -2.43. The van der Waals surface area contributed by atoms with E-state index in [4.69, 9.17) is 0 Å². The van der Waals surface area contributed by atoms with Crippen molar-refractivity contribution >= 4 is 11.2 Å². The first-order valence-electron chi connectivity index (χ1n) is 5.34. The summed E-state index contributed by atoms with van der Waals surface area (Å²) < 4.78 is 0. The second-order valence-electron chi connectivity index (χ2n) is 4.24. The highest BCUT2D eigenvalue weighted by Gasteiger charge is 2.18. The number of pyridine rings is 1. The fourth-order valence-electron chi connectivity index (χ4n) is 1.95. The third-order valence-electron chi connectivity index (χ3n) is 3.00. The van der Waals surface area contributed by atoms with Crippen molar-refractivity contribution in [3.63, 3.8) is 0 Å². The zero-order chi connectivity index (χ0) is 10.3. The van der Waals surface area contributed by atoms with Crippen LogP contribution < -0.4 is 5.32 Å². The average molecular weight is 202 g/mol. The highest BCUT2D eigenvalue weighted by molar-refractivity contribution is 5.74. The Morgan fingerprint density at radius 2 is 2.33 bits per heavy atom. The van der Waals surface area contributed by atoms with E-state index in [1.165, 1.54) is 5.56 Å². The molecule has 0 atom stereocenters. The van der Waals surface area contributed by atoms with E-state index in [2.05, 4.69) is 27.2 Å². The van der Waals surface area contributed by atoms with Crippen molar-refractivity contribution in [2.45, 2.75) is 13.3 Å². The maximum absolute atomic E-state index is 4.50. The number of H-pyrrole nitrogens is 1. The average Bonchev–Trinajstić information content (AvgIpc) is 2.56. The van der Waals surface area contributed by atoms with Crippen molar-refractivity contribution in [1.29, 1.82) is 0 Å². The highest BCUT2D eigenvalue weighted by atomic mass is 15.0. The predicted octanol–water partition coefficient (Wildman–Crippen LogP) is 1.03. The first kappa shape index (κ1) is 8.85. The van der Waals surface area contributed by atoms with Crippen LogP contribution in [0.15, 0.2) is 12.3 Å². The third kappa shape index (κ3) is 1.51. The van der Waals surface area contributed by atoms with E-state index < -0.39 is 0 Å². The van der Waals surface area contributed by atoms with Crippen LogP contribution in [0.25, 0.3) is 11.2 Å². The summed E-state index contributed by atoms with van der Waals surface area (Å²) in [4.78, 5) is 12.1. The van der Waals surface area contributed by atoms with Crippen LogP contribution in [0.4, 0.5) is 0 Å². The number of aryl methyl sites for hydroxylation is 1. The number of imidazole rings is 1. The van der Waals surface area contributed by atoms with Crippen molar-refractivity contribution in [2.24, 2.45) is 5.92 Å². The Bertz CT molecular complexity index is 484. The predicted molar refractivity (Wildman–Crippen MR) is 58.7 cm³/mol. The van der Waals surface area contributed by atoms with Gasteiger partial charge in [0, 0.05) is 12.6 Å². The van der Waals surface area contributed by atoms with Crippen molar-refractivity contribution in [1.82, 2.24) is 20.3 Å². The lowest BCUT2D eigenvalue weighted by molar-refractivity contribution is 0.342. The van der Waals surface area contributed by atoms with Crippen LogP contribution in [0, 0.1) is 12.8 Å². The zero-order valence-corrected chi connectivity index (χ0v) is 8.75. The van der Waals surface area contributed by atoms with Gasteiger partial charge in [0.25, 0.3) is 0 Å². The molecule has 0 radical (unpaired) electrons. The highest BCUT2D eigenvalue weighted by Crippen LogP contribution is 2.16. The molecule has 0 amide bonds. The molecule has 0 unspecified atom stereocenters. The van der Waals surface area contributed by atoms with Gasteiger partial charge in [0.2, 0.25) is 0 Å². The van der Waals surface area contributed by atoms with Crippen LogP contribution in [-0.4, -0.2) is 28.0 Å². The summed E-state index contributed by atoms with van der Waals surface area (Å²) in [6.07, 6.45) is 2.84. The molecule has 0 spiro atoms. The van der Waals surface area contributed by atoms with Gasteiger partial charge in [-0.3, -0.25) is 0 Å². The molecule has 3 rings (SSSR count). The van der Waals surface area contributed by atoms with E-state index in [1.54, 1.807) is 0 Å². The Labute approximate surface area is 88.1 Å². The van der Waals surface area contributed by atoms with E-state index >= 15 is 0 Å². The number of fused-ring (bicyclic) bond motifs is 1. The van der Waals surface area contributed by atoms with Gasteiger partial charge < -0.3 is 10.3 Å². The summed E-state index contributed by atoms with van der Waals surface area (Å²) in [5.74, 6) is 1.81. The summed E-state index contributed by atoms with van der Waals surface area (Å²) in [7, 11) is 0. The van der Waals surface area contributed by atoms with Gasteiger partial charge in [-0.1, -0.05) is 0 Å². The lowest BCUT2D eigenvalue weighted by atomic mass is 9.99. The van der Waals surface area contributed by atoms with Crippen molar-refractivity contribution in [3.8, 4) is 0 Å². The maximum Gasteiger partial charge on any atom is 0.177 e. The van der Waals surface area contributed by atoms with Gasteiger partial charge in [-0.2, -0.15) is 0 Å². The first-order chi connectivity index (χ1) is 7.33. The summed E-state index contributed by atoms with van der Waals surface area (Å²) in [5, 5.41) is 3.27. The van der Waals surface area contributed by atoms with Gasteiger partial charge in [0.1, 0.15) is 5.82 Å². The molecule has 2 aromatic heterocycles. The van der Waals surface area contributed by atoms with E-state index in [-0.39, 0.29) is 0 Å².